The highest BCUT2D eigenvalue weighted by molar-refractivity contribution is 5.16. The summed E-state index contributed by atoms with van der Waals surface area (Å²) in [6, 6.07) is 3.75. The van der Waals surface area contributed by atoms with Gasteiger partial charge in [0, 0.05) is 5.54 Å². The minimum atomic E-state index is -0.851. The zero-order valence-corrected chi connectivity index (χ0v) is 10.3. The van der Waals surface area contributed by atoms with Crippen LogP contribution in [0.1, 0.15) is 32.3 Å². The molecule has 1 aromatic rings. The van der Waals surface area contributed by atoms with Gasteiger partial charge in [0.05, 0.1) is 13.2 Å². The molecule has 0 bridgehead atoms. The molecule has 2 nitrogen and oxygen atoms in total. The fourth-order valence-electron chi connectivity index (χ4n) is 1.46. The maximum absolute atomic E-state index is 12.9. The number of rotatable bonds is 6. The number of hydrogen-bond acceptors (Lipinski definition) is 2. The third-order valence-corrected chi connectivity index (χ3v) is 3.05. The molecule has 0 aliphatic heterocycles. The van der Waals surface area contributed by atoms with E-state index in [-0.39, 0.29) is 12.1 Å². The lowest BCUT2D eigenvalue weighted by atomic mass is 9.96. The summed E-state index contributed by atoms with van der Waals surface area (Å²) in [4.78, 5) is 0. The summed E-state index contributed by atoms with van der Waals surface area (Å²) in [7, 11) is 0. The number of nitrogens with two attached hydrogens (primary N) is 1. The lowest BCUT2D eigenvalue weighted by molar-refractivity contribution is 0.0694. The van der Waals surface area contributed by atoms with Crippen LogP contribution in [-0.2, 0) is 11.3 Å². The van der Waals surface area contributed by atoms with Crippen LogP contribution in [-0.4, -0.2) is 12.1 Å². The molecule has 0 saturated carbocycles. The van der Waals surface area contributed by atoms with E-state index in [2.05, 4.69) is 0 Å². The van der Waals surface area contributed by atoms with Gasteiger partial charge in [-0.3, -0.25) is 0 Å². The molecular formula is C13H19F2NO. The van der Waals surface area contributed by atoms with Gasteiger partial charge in [-0.1, -0.05) is 19.9 Å². The third kappa shape index (κ3) is 4.06. The molecular weight excluding hydrogens is 224 g/mol. The molecule has 0 aliphatic carbocycles. The quantitative estimate of drug-likeness (QED) is 0.833. The second-order valence-corrected chi connectivity index (χ2v) is 4.31. The highest BCUT2D eigenvalue weighted by Gasteiger charge is 2.20. The number of benzene rings is 1. The Morgan fingerprint density at radius 3 is 2.35 bits per heavy atom. The normalized spacial score (nSPS) is 11.8. The van der Waals surface area contributed by atoms with Crippen LogP contribution < -0.4 is 5.73 Å². The first-order valence-corrected chi connectivity index (χ1v) is 5.81. The molecule has 0 spiro atoms. The highest BCUT2D eigenvalue weighted by atomic mass is 19.2. The van der Waals surface area contributed by atoms with E-state index in [0.717, 1.165) is 25.0 Å². The van der Waals surface area contributed by atoms with Gasteiger partial charge in [0.15, 0.2) is 11.6 Å². The Labute approximate surface area is 101 Å². The van der Waals surface area contributed by atoms with Gasteiger partial charge >= 0.3 is 0 Å². The summed E-state index contributed by atoms with van der Waals surface area (Å²) >= 11 is 0. The monoisotopic (exact) mass is 243 g/mol. The average molecular weight is 243 g/mol. The number of halogens is 2. The standard InChI is InChI=1S/C13H19F2NO/c1-3-13(16,4-2)9-17-8-10-5-6-11(14)12(15)7-10/h5-7H,3-4,8-9,16H2,1-2H3. The Hall–Kier alpha value is -1.00. The zero-order valence-electron chi connectivity index (χ0n) is 10.3. The van der Waals surface area contributed by atoms with Crippen molar-refractivity contribution < 1.29 is 13.5 Å². The molecule has 0 heterocycles. The van der Waals surface area contributed by atoms with Crippen LogP contribution in [0, 0.1) is 11.6 Å². The van der Waals surface area contributed by atoms with Crippen molar-refractivity contribution in [1.29, 1.82) is 0 Å². The van der Waals surface area contributed by atoms with Crippen LogP contribution >= 0.6 is 0 Å². The lowest BCUT2D eigenvalue weighted by Crippen LogP contribution is -2.43. The summed E-state index contributed by atoms with van der Waals surface area (Å²) in [6.45, 7) is 4.67. The molecule has 1 rings (SSSR count). The zero-order chi connectivity index (χ0) is 12.9. The summed E-state index contributed by atoms with van der Waals surface area (Å²) in [5, 5.41) is 0. The van der Waals surface area contributed by atoms with E-state index in [1.807, 2.05) is 13.8 Å². The van der Waals surface area contributed by atoms with Gasteiger partial charge in [0.2, 0.25) is 0 Å². The fourth-order valence-corrected chi connectivity index (χ4v) is 1.46. The first-order chi connectivity index (χ1) is 8.00. The van der Waals surface area contributed by atoms with Gasteiger partial charge in [-0.15, -0.1) is 0 Å². The van der Waals surface area contributed by atoms with Gasteiger partial charge in [-0.25, -0.2) is 8.78 Å². The van der Waals surface area contributed by atoms with Crippen molar-refractivity contribution in [3.05, 3.63) is 35.4 Å². The van der Waals surface area contributed by atoms with Gasteiger partial charge in [0.1, 0.15) is 0 Å². The third-order valence-electron chi connectivity index (χ3n) is 3.05. The van der Waals surface area contributed by atoms with E-state index in [9.17, 15) is 8.78 Å². The molecule has 0 aliphatic rings. The molecule has 0 saturated heterocycles. The molecule has 0 unspecified atom stereocenters. The summed E-state index contributed by atoms with van der Waals surface area (Å²) in [6.07, 6.45) is 1.64. The fraction of sp³-hybridized carbons (Fsp3) is 0.538. The Balaban J connectivity index is 2.48. The topological polar surface area (TPSA) is 35.2 Å². The molecule has 0 amide bonds. The number of hydrogen-bond donors (Lipinski definition) is 1. The Bertz CT molecular complexity index is 364. The number of ether oxygens (including phenoxy) is 1. The molecule has 4 heteroatoms. The maximum Gasteiger partial charge on any atom is 0.159 e. The van der Waals surface area contributed by atoms with E-state index in [4.69, 9.17) is 10.5 Å². The Kier molecular flexibility index (Phi) is 5.02. The van der Waals surface area contributed by atoms with Crippen LogP contribution in [0.3, 0.4) is 0 Å². The van der Waals surface area contributed by atoms with Crippen molar-refractivity contribution in [2.75, 3.05) is 6.61 Å². The second-order valence-electron chi connectivity index (χ2n) is 4.31. The first-order valence-electron chi connectivity index (χ1n) is 5.81. The first kappa shape index (κ1) is 14.1. The molecule has 0 radical (unpaired) electrons. The molecule has 1 aromatic carbocycles. The molecule has 17 heavy (non-hydrogen) atoms. The summed E-state index contributed by atoms with van der Waals surface area (Å²) in [5.41, 5.74) is 6.33. The van der Waals surface area contributed by atoms with Crippen molar-refractivity contribution in [3.8, 4) is 0 Å². The van der Waals surface area contributed by atoms with Gasteiger partial charge in [0.25, 0.3) is 0 Å². The predicted molar refractivity (Wildman–Crippen MR) is 63.5 cm³/mol. The SMILES string of the molecule is CCC(N)(CC)COCc1ccc(F)c(F)c1. The molecule has 0 fully saturated rings. The van der Waals surface area contributed by atoms with Crippen LogP contribution in [0.2, 0.25) is 0 Å². The van der Waals surface area contributed by atoms with E-state index in [1.54, 1.807) is 0 Å². The van der Waals surface area contributed by atoms with Crippen LogP contribution in [0.5, 0.6) is 0 Å². The summed E-state index contributed by atoms with van der Waals surface area (Å²) < 4.78 is 31.0. The minimum absolute atomic E-state index is 0.246. The minimum Gasteiger partial charge on any atom is -0.375 e. The second kappa shape index (κ2) is 6.07. The Morgan fingerprint density at radius 1 is 1.18 bits per heavy atom. The van der Waals surface area contributed by atoms with Crippen molar-refractivity contribution in [3.63, 3.8) is 0 Å². The van der Waals surface area contributed by atoms with Gasteiger partial charge in [-0.05, 0) is 30.5 Å². The van der Waals surface area contributed by atoms with Crippen LogP contribution in [0.15, 0.2) is 18.2 Å². The van der Waals surface area contributed by atoms with E-state index in [1.165, 1.54) is 6.07 Å². The maximum atomic E-state index is 12.9. The predicted octanol–water partition coefficient (Wildman–Crippen LogP) is 3.00. The molecule has 0 atom stereocenters. The van der Waals surface area contributed by atoms with Gasteiger partial charge < -0.3 is 10.5 Å². The summed E-state index contributed by atoms with van der Waals surface area (Å²) in [5.74, 6) is -1.69. The van der Waals surface area contributed by atoms with Crippen molar-refractivity contribution >= 4 is 0 Å². The van der Waals surface area contributed by atoms with E-state index < -0.39 is 11.6 Å². The van der Waals surface area contributed by atoms with Crippen molar-refractivity contribution in [2.24, 2.45) is 5.73 Å². The average Bonchev–Trinajstić information content (AvgIpc) is 2.33. The largest absolute Gasteiger partial charge is 0.375 e. The molecule has 96 valence electrons. The van der Waals surface area contributed by atoms with E-state index >= 15 is 0 Å². The highest BCUT2D eigenvalue weighted by Crippen LogP contribution is 2.14. The molecule has 2 N–H and O–H groups in total. The van der Waals surface area contributed by atoms with Gasteiger partial charge in [-0.2, -0.15) is 0 Å². The molecule has 0 aromatic heterocycles. The van der Waals surface area contributed by atoms with E-state index in [0.29, 0.717) is 12.2 Å². The van der Waals surface area contributed by atoms with Crippen molar-refractivity contribution in [1.82, 2.24) is 0 Å². The van der Waals surface area contributed by atoms with Crippen LogP contribution in [0.4, 0.5) is 8.78 Å². The van der Waals surface area contributed by atoms with Crippen LogP contribution in [0.25, 0.3) is 0 Å². The smallest absolute Gasteiger partial charge is 0.159 e. The Morgan fingerprint density at radius 2 is 1.82 bits per heavy atom. The lowest BCUT2D eigenvalue weighted by Gasteiger charge is -2.26. The van der Waals surface area contributed by atoms with Crippen molar-refractivity contribution in [2.45, 2.75) is 38.8 Å².